The maximum absolute atomic E-state index is 2.56. The summed E-state index contributed by atoms with van der Waals surface area (Å²) in [5.74, 6) is 0.335. The molecule has 8 aromatic rings. The maximum atomic E-state index is 2.56. The van der Waals surface area contributed by atoms with Gasteiger partial charge in [0.05, 0.1) is 22.5 Å². The number of hydrogen-bond acceptors (Lipinski definition) is 1. The Bertz CT molecular complexity index is 2620. The first-order chi connectivity index (χ1) is 25.3. The van der Waals surface area contributed by atoms with E-state index in [-0.39, 0.29) is 6.04 Å². The topological polar surface area (TPSA) is 8.17 Å². The molecule has 0 saturated carbocycles. The van der Waals surface area contributed by atoms with E-state index in [0.717, 1.165) is 0 Å². The summed E-state index contributed by atoms with van der Waals surface area (Å²) >= 11 is 0. The molecule has 2 heteroatoms. The van der Waals surface area contributed by atoms with Crippen LogP contribution >= 0.6 is 0 Å². The molecule has 0 bridgehead atoms. The fourth-order valence-electron chi connectivity index (χ4n) is 9.55. The van der Waals surface area contributed by atoms with Crippen molar-refractivity contribution in [2.75, 3.05) is 4.90 Å². The van der Waals surface area contributed by atoms with Crippen molar-refractivity contribution < 1.29 is 0 Å². The third-order valence-corrected chi connectivity index (χ3v) is 11.6. The number of aromatic nitrogens is 1. The van der Waals surface area contributed by atoms with Gasteiger partial charge in [-0.1, -0.05) is 152 Å². The van der Waals surface area contributed by atoms with E-state index in [1.165, 1.54) is 77.8 Å². The summed E-state index contributed by atoms with van der Waals surface area (Å²) in [6, 6.07) is 63.4. The molecule has 0 amide bonds. The van der Waals surface area contributed by atoms with Gasteiger partial charge in [-0.3, -0.25) is 0 Å². The quantitative estimate of drug-likeness (QED) is 0.184. The molecule has 240 valence electrons. The number of hydrogen-bond donors (Lipinski definition) is 0. The Hall–Kier alpha value is -6.38. The first-order valence-corrected chi connectivity index (χ1v) is 17.9. The minimum atomic E-state index is -0.468. The van der Waals surface area contributed by atoms with Crippen molar-refractivity contribution >= 4 is 33.2 Å². The minimum absolute atomic E-state index is 0.239. The summed E-state index contributed by atoms with van der Waals surface area (Å²) in [7, 11) is 0. The van der Waals surface area contributed by atoms with Gasteiger partial charge in [-0.2, -0.15) is 0 Å². The van der Waals surface area contributed by atoms with Crippen LogP contribution in [0.15, 0.2) is 194 Å². The Morgan fingerprint density at radius 1 is 0.451 bits per heavy atom. The standard InChI is InChI=1S/C49H34N2/c1-3-15-33(16-4-1)49(34-17-5-2-6-18-34)43-29-27-35(50-45-23-11-7-19-37(45)38-20-8-12-24-46(38)50)31-41(43)42-32-36(28-30-44(42)49)51-47-25-13-9-21-39(47)40-22-10-14-26-48(40)51/h1-32,37,45H. The highest BCUT2D eigenvalue weighted by Crippen LogP contribution is 2.58. The summed E-state index contributed by atoms with van der Waals surface area (Å²) in [4.78, 5) is 2.56. The first kappa shape index (κ1) is 28.5. The summed E-state index contributed by atoms with van der Waals surface area (Å²) in [6.45, 7) is 0. The normalized spacial score (nSPS) is 17.8. The van der Waals surface area contributed by atoms with E-state index in [1.54, 1.807) is 0 Å². The second-order valence-corrected chi connectivity index (χ2v) is 14.0. The fourth-order valence-corrected chi connectivity index (χ4v) is 9.55. The van der Waals surface area contributed by atoms with Gasteiger partial charge in [0.15, 0.2) is 0 Å². The molecule has 2 heterocycles. The molecular weight excluding hydrogens is 617 g/mol. The molecule has 1 aromatic heterocycles. The zero-order valence-electron chi connectivity index (χ0n) is 28.0. The van der Waals surface area contributed by atoms with Crippen LogP contribution in [0.25, 0.3) is 38.6 Å². The molecule has 0 N–H and O–H groups in total. The van der Waals surface area contributed by atoms with E-state index < -0.39 is 5.41 Å². The Balaban J connectivity index is 1.21. The van der Waals surface area contributed by atoms with Crippen LogP contribution in [0, 0.1) is 0 Å². The van der Waals surface area contributed by atoms with Crippen molar-refractivity contribution in [1.29, 1.82) is 0 Å². The van der Waals surface area contributed by atoms with E-state index in [1.807, 2.05) is 0 Å². The molecule has 0 radical (unpaired) electrons. The van der Waals surface area contributed by atoms with Gasteiger partial charge in [0.1, 0.15) is 0 Å². The lowest BCUT2D eigenvalue weighted by molar-refractivity contribution is 0.743. The average Bonchev–Trinajstić information content (AvgIpc) is 3.82. The van der Waals surface area contributed by atoms with Crippen LogP contribution in [0.4, 0.5) is 11.4 Å². The van der Waals surface area contributed by atoms with Crippen LogP contribution in [0.5, 0.6) is 0 Å². The summed E-state index contributed by atoms with van der Waals surface area (Å²) in [5, 5.41) is 2.55. The van der Waals surface area contributed by atoms with Crippen LogP contribution in [0.1, 0.15) is 33.7 Å². The zero-order chi connectivity index (χ0) is 33.5. The van der Waals surface area contributed by atoms with E-state index in [2.05, 4.69) is 204 Å². The SMILES string of the molecule is C1=CC2c3ccccc3N(c3ccc4c(c3)-c3cc(-n5c6ccccc6c6ccccc65)ccc3C4(c3ccccc3)c3ccccc3)C2C=C1. The van der Waals surface area contributed by atoms with Crippen molar-refractivity contribution in [2.24, 2.45) is 0 Å². The lowest BCUT2D eigenvalue weighted by Gasteiger charge is -2.34. The second-order valence-electron chi connectivity index (χ2n) is 14.0. The molecule has 0 spiro atoms. The largest absolute Gasteiger partial charge is 0.333 e. The Morgan fingerprint density at radius 3 is 1.65 bits per heavy atom. The molecule has 1 aliphatic heterocycles. The molecule has 0 saturated heterocycles. The van der Waals surface area contributed by atoms with Crippen LogP contribution < -0.4 is 4.90 Å². The van der Waals surface area contributed by atoms with Crippen LogP contribution in [0.3, 0.4) is 0 Å². The lowest BCUT2D eigenvalue weighted by atomic mass is 9.67. The smallest absolute Gasteiger partial charge is 0.0713 e. The zero-order valence-corrected chi connectivity index (χ0v) is 28.0. The highest BCUT2D eigenvalue weighted by Gasteiger charge is 2.47. The number of rotatable bonds is 4. The van der Waals surface area contributed by atoms with Crippen molar-refractivity contribution in [2.45, 2.75) is 17.4 Å². The number of benzene rings is 7. The molecule has 11 rings (SSSR count). The summed E-state index contributed by atoms with van der Waals surface area (Å²) in [6.07, 6.45) is 9.13. The second kappa shape index (κ2) is 10.8. The summed E-state index contributed by atoms with van der Waals surface area (Å²) in [5.41, 5.74) is 14.8. The van der Waals surface area contributed by atoms with Crippen molar-refractivity contribution in [3.8, 4) is 16.8 Å². The third kappa shape index (κ3) is 3.88. The average molecular weight is 651 g/mol. The van der Waals surface area contributed by atoms with E-state index in [0.29, 0.717) is 5.92 Å². The van der Waals surface area contributed by atoms with Crippen molar-refractivity contribution in [3.63, 3.8) is 0 Å². The number of para-hydroxylation sites is 3. The third-order valence-electron chi connectivity index (χ3n) is 11.6. The fraction of sp³-hybridized carbons (Fsp3) is 0.0612. The molecule has 2 aliphatic carbocycles. The molecule has 51 heavy (non-hydrogen) atoms. The van der Waals surface area contributed by atoms with Gasteiger partial charge in [-0.25, -0.2) is 0 Å². The number of anilines is 2. The van der Waals surface area contributed by atoms with Gasteiger partial charge in [0, 0.05) is 33.8 Å². The Kier molecular flexibility index (Phi) is 6.03. The molecule has 3 aliphatic rings. The monoisotopic (exact) mass is 650 g/mol. The molecule has 2 nitrogen and oxygen atoms in total. The number of nitrogens with zero attached hydrogens (tertiary/aromatic N) is 2. The lowest BCUT2D eigenvalue weighted by Crippen LogP contribution is -2.29. The summed E-state index contributed by atoms with van der Waals surface area (Å²) < 4.78 is 2.44. The predicted octanol–water partition coefficient (Wildman–Crippen LogP) is 11.9. The van der Waals surface area contributed by atoms with E-state index >= 15 is 0 Å². The van der Waals surface area contributed by atoms with Gasteiger partial charge in [0.25, 0.3) is 0 Å². The van der Waals surface area contributed by atoms with Crippen LogP contribution in [-0.4, -0.2) is 10.6 Å². The minimum Gasteiger partial charge on any atom is -0.333 e. The predicted molar refractivity (Wildman–Crippen MR) is 211 cm³/mol. The van der Waals surface area contributed by atoms with Crippen molar-refractivity contribution in [1.82, 2.24) is 4.57 Å². The molecule has 2 atom stereocenters. The number of allylic oxidation sites excluding steroid dienone is 2. The van der Waals surface area contributed by atoms with E-state index in [4.69, 9.17) is 0 Å². The van der Waals surface area contributed by atoms with Gasteiger partial charge >= 0.3 is 0 Å². The molecule has 2 unspecified atom stereocenters. The van der Waals surface area contributed by atoms with Gasteiger partial charge in [0.2, 0.25) is 0 Å². The van der Waals surface area contributed by atoms with E-state index in [9.17, 15) is 0 Å². The highest BCUT2D eigenvalue weighted by molar-refractivity contribution is 6.09. The molecule has 0 fully saturated rings. The van der Waals surface area contributed by atoms with Crippen molar-refractivity contribution in [3.05, 3.63) is 222 Å². The van der Waals surface area contributed by atoms with Gasteiger partial charge < -0.3 is 9.47 Å². The molecular formula is C49H34N2. The highest BCUT2D eigenvalue weighted by atomic mass is 15.2. The Morgan fingerprint density at radius 2 is 0.980 bits per heavy atom. The first-order valence-electron chi connectivity index (χ1n) is 17.9. The van der Waals surface area contributed by atoms with Crippen LogP contribution in [-0.2, 0) is 5.41 Å². The maximum Gasteiger partial charge on any atom is 0.0713 e. The van der Waals surface area contributed by atoms with Gasteiger partial charge in [-0.05, 0) is 81.4 Å². The Labute approximate surface area is 297 Å². The van der Waals surface area contributed by atoms with Crippen LogP contribution in [0.2, 0.25) is 0 Å². The molecule has 7 aromatic carbocycles. The number of fused-ring (bicyclic) bond motifs is 9. The van der Waals surface area contributed by atoms with Gasteiger partial charge in [-0.15, -0.1) is 0 Å².